The van der Waals surface area contributed by atoms with Gasteiger partial charge in [0.1, 0.15) is 12.4 Å². The summed E-state index contributed by atoms with van der Waals surface area (Å²) in [4.78, 5) is 42.4. The third-order valence-corrected chi connectivity index (χ3v) is 10.8. The van der Waals surface area contributed by atoms with Crippen LogP contribution in [0.1, 0.15) is 220 Å². The third-order valence-electron chi connectivity index (χ3n) is 10.8. The van der Waals surface area contributed by atoms with Gasteiger partial charge in [-0.25, -0.2) is 14.3 Å². The maximum absolute atomic E-state index is 12.9. The molecule has 0 aliphatic rings. The molecule has 0 saturated heterocycles. The number of carbonyl (C=O) groups excluding carboxylic acids is 3. The Morgan fingerprint density at radius 1 is 0.459 bits per heavy atom. The second-order valence-corrected chi connectivity index (χ2v) is 16.5. The van der Waals surface area contributed by atoms with Gasteiger partial charge in [0.25, 0.3) is 0 Å². The number of rotatable bonds is 45. The number of hydrogen-bond acceptors (Lipinski definition) is 11. The van der Waals surface area contributed by atoms with Crippen LogP contribution in [0.25, 0.3) is 0 Å². The predicted octanol–water partition coefficient (Wildman–Crippen LogP) is 12.8. The molecule has 0 radical (unpaired) electrons. The highest BCUT2D eigenvalue weighted by Crippen LogP contribution is 2.15. The molecule has 0 aromatic carbocycles. The van der Waals surface area contributed by atoms with Crippen LogP contribution in [-0.4, -0.2) is 85.9 Å². The van der Waals surface area contributed by atoms with Crippen LogP contribution in [0, 0.1) is 0 Å². The summed E-state index contributed by atoms with van der Waals surface area (Å²) >= 11 is 0. The van der Waals surface area contributed by atoms with Crippen molar-refractivity contribution in [2.45, 2.75) is 239 Å². The van der Waals surface area contributed by atoms with Crippen molar-refractivity contribution in [3.8, 4) is 0 Å². The van der Waals surface area contributed by atoms with Crippen molar-refractivity contribution >= 4 is 18.0 Å². The first-order chi connectivity index (χ1) is 29.9. The van der Waals surface area contributed by atoms with Crippen molar-refractivity contribution in [1.29, 1.82) is 0 Å². The van der Waals surface area contributed by atoms with Crippen molar-refractivity contribution in [2.24, 2.45) is 0 Å². The molecule has 0 aliphatic heterocycles. The fourth-order valence-electron chi connectivity index (χ4n) is 6.88. The van der Waals surface area contributed by atoms with E-state index in [0.29, 0.717) is 39.3 Å². The summed E-state index contributed by atoms with van der Waals surface area (Å²) in [5.74, 6) is -0.733. The summed E-state index contributed by atoms with van der Waals surface area (Å²) in [7, 11) is 0. The predicted molar refractivity (Wildman–Crippen MR) is 242 cm³/mol. The van der Waals surface area contributed by atoms with E-state index in [0.717, 1.165) is 51.4 Å². The van der Waals surface area contributed by atoms with Crippen molar-refractivity contribution < 1.29 is 47.5 Å². The minimum atomic E-state index is -0.654. The second-order valence-electron chi connectivity index (χ2n) is 16.5. The molecule has 12 nitrogen and oxygen atoms in total. The first kappa shape index (κ1) is 56.5. The van der Waals surface area contributed by atoms with E-state index in [1.54, 1.807) is 0 Å². The van der Waals surface area contributed by atoms with Crippen LogP contribution < -0.4 is 0 Å². The topological polar surface area (TPSA) is 134 Å². The third kappa shape index (κ3) is 35.6. The lowest BCUT2D eigenvalue weighted by Crippen LogP contribution is -2.26. The Balaban J connectivity index is 2.61. The average molecular weight is 867 g/mol. The van der Waals surface area contributed by atoms with Crippen LogP contribution in [0.15, 0.2) is 18.7 Å². The van der Waals surface area contributed by atoms with Crippen molar-refractivity contribution in [1.82, 2.24) is 9.55 Å². The Bertz CT molecular complexity index is 1020. The molecular formula is C49H90N2O10. The van der Waals surface area contributed by atoms with E-state index in [4.69, 9.17) is 33.2 Å². The maximum Gasteiger partial charge on any atom is 0.419 e. The molecule has 61 heavy (non-hydrogen) atoms. The van der Waals surface area contributed by atoms with Gasteiger partial charge in [-0.15, -0.1) is 0 Å². The Kier molecular flexibility index (Phi) is 39.6. The van der Waals surface area contributed by atoms with Gasteiger partial charge in [-0.2, -0.15) is 0 Å². The van der Waals surface area contributed by atoms with Crippen molar-refractivity contribution in [3.63, 3.8) is 0 Å². The minimum Gasteiger partial charge on any atom is -0.466 e. The monoisotopic (exact) mass is 867 g/mol. The number of aromatic nitrogens is 2. The molecule has 0 saturated carbocycles. The summed E-state index contributed by atoms with van der Waals surface area (Å²) < 4.78 is 42.5. The lowest BCUT2D eigenvalue weighted by Gasteiger charge is -2.20. The summed E-state index contributed by atoms with van der Waals surface area (Å²) in [6, 6.07) is 0. The molecule has 0 amide bonds. The SMILES string of the molecule is CCCCCCCCOC(CCC(=O)OCCC(CCOC(=O)CCC(OCCCCCCCC)OCCCCCCCC)OC(=O)n1ccnc1)OCCCCCCCC. The lowest BCUT2D eigenvalue weighted by molar-refractivity contribution is -0.160. The van der Waals surface area contributed by atoms with Gasteiger partial charge in [0.15, 0.2) is 12.6 Å². The Morgan fingerprint density at radius 2 is 0.803 bits per heavy atom. The number of esters is 2. The standard InChI is InChI=1S/C49H90N2O10/c1-5-9-13-17-21-25-37-57-47(58-38-26-22-18-14-10-6-2)31-29-45(52)55-41-33-44(61-49(54)51-36-35-50-43-51)34-42-56-46(53)30-32-48(59-39-27-23-19-15-11-7-3)60-40-28-24-20-16-12-8-4/h35-36,43-44,47-48H,5-34,37-42H2,1-4H3. The van der Waals surface area contributed by atoms with E-state index in [-0.39, 0.29) is 50.8 Å². The van der Waals surface area contributed by atoms with E-state index in [1.807, 2.05) is 0 Å². The zero-order valence-corrected chi connectivity index (χ0v) is 39.4. The van der Waals surface area contributed by atoms with Gasteiger partial charge in [0.05, 0.1) is 26.1 Å². The lowest BCUT2D eigenvalue weighted by atomic mass is 10.1. The highest BCUT2D eigenvalue weighted by molar-refractivity contribution is 5.70. The van der Waals surface area contributed by atoms with Crippen LogP contribution in [0.5, 0.6) is 0 Å². The minimum absolute atomic E-state index is 0.0458. The summed E-state index contributed by atoms with van der Waals surface area (Å²) in [5.41, 5.74) is 0. The normalized spacial score (nSPS) is 11.6. The average Bonchev–Trinajstić information content (AvgIpc) is 3.81. The van der Waals surface area contributed by atoms with Crippen LogP contribution in [0.3, 0.4) is 0 Å². The number of nitrogens with zero attached hydrogens (tertiary/aromatic N) is 2. The highest BCUT2D eigenvalue weighted by Gasteiger charge is 2.20. The first-order valence-corrected chi connectivity index (χ1v) is 24.9. The van der Waals surface area contributed by atoms with E-state index >= 15 is 0 Å². The van der Waals surface area contributed by atoms with Crippen molar-refractivity contribution in [3.05, 3.63) is 18.7 Å². The summed E-state index contributed by atoms with van der Waals surface area (Å²) in [6.07, 6.45) is 32.0. The van der Waals surface area contributed by atoms with Gasteiger partial charge in [-0.05, 0) is 25.7 Å². The molecule has 0 aliphatic carbocycles. The molecule has 1 aromatic rings. The summed E-state index contributed by atoms with van der Waals surface area (Å²) in [5, 5.41) is 0. The maximum atomic E-state index is 12.9. The zero-order chi connectivity index (χ0) is 44.3. The molecule has 0 atom stereocenters. The van der Waals surface area contributed by atoms with Gasteiger partial charge in [0, 0.05) is 64.5 Å². The van der Waals surface area contributed by atoms with Gasteiger partial charge >= 0.3 is 18.0 Å². The van der Waals surface area contributed by atoms with E-state index in [1.165, 1.54) is 126 Å². The quantitative estimate of drug-likeness (QED) is 0.0268. The molecule has 0 unspecified atom stereocenters. The Hall–Kier alpha value is -2.54. The van der Waals surface area contributed by atoms with Crippen LogP contribution >= 0.6 is 0 Å². The van der Waals surface area contributed by atoms with E-state index in [2.05, 4.69) is 32.7 Å². The number of carbonyl (C=O) groups is 3. The van der Waals surface area contributed by atoms with Crippen LogP contribution in [-0.2, 0) is 42.7 Å². The number of unbranched alkanes of at least 4 members (excludes halogenated alkanes) is 20. The number of ether oxygens (including phenoxy) is 7. The molecule has 0 bridgehead atoms. The largest absolute Gasteiger partial charge is 0.466 e. The van der Waals surface area contributed by atoms with Crippen molar-refractivity contribution in [2.75, 3.05) is 39.6 Å². The smallest absolute Gasteiger partial charge is 0.419 e. The molecule has 356 valence electrons. The molecule has 1 rings (SSSR count). The molecule has 1 aromatic heterocycles. The van der Waals surface area contributed by atoms with E-state index < -0.39 is 24.8 Å². The fraction of sp³-hybridized carbons (Fsp3) is 0.878. The fourth-order valence-corrected chi connectivity index (χ4v) is 6.88. The molecule has 0 spiro atoms. The van der Waals surface area contributed by atoms with E-state index in [9.17, 15) is 14.4 Å². The highest BCUT2D eigenvalue weighted by atomic mass is 16.7. The first-order valence-electron chi connectivity index (χ1n) is 24.9. The molecule has 1 heterocycles. The Morgan fingerprint density at radius 3 is 1.13 bits per heavy atom. The molecule has 0 N–H and O–H groups in total. The van der Waals surface area contributed by atoms with Gasteiger partial charge in [-0.3, -0.25) is 9.59 Å². The molecule has 12 heteroatoms. The second kappa shape index (κ2) is 42.7. The molecular weight excluding hydrogens is 777 g/mol. The van der Waals surface area contributed by atoms with Gasteiger partial charge in [-0.1, -0.05) is 156 Å². The van der Waals surface area contributed by atoms with Crippen LogP contribution in [0.4, 0.5) is 4.79 Å². The Labute approximate surface area is 371 Å². The van der Waals surface area contributed by atoms with Gasteiger partial charge < -0.3 is 33.2 Å². The molecule has 0 fully saturated rings. The number of imidazole rings is 1. The number of hydrogen-bond donors (Lipinski definition) is 0. The summed E-state index contributed by atoms with van der Waals surface area (Å²) in [6.45, 7) is 11.4. The zero-order valence-electron chi connectivity index (χ0n) is 39.4. The van der Waals surface area contributed by atoms with Gasteiger partial charge in [0.2, 0.25) is 0 Å². The van der Waals surface area contributed by atoms with Crippen LogP contribution in [0.2, 0.25) is 0 Å².